The number of hydrogen-bond donors (Lipinski definition) is 2. The van der Waals surface area contributed by atoms with Crippen LogP contribution in [-0.4, -0.2) is 32.6 Å². The van der Waals surface area contributed by atoms with Crippen LogP contribution in [0.25, 0.3) is 0 Å². The fourth-order valence-electron chi connectivity index (χ4n) is 1.30. The molecular weight excluding hydrogens is 238 g/mol. The van der Waals surface area contributed by atoms with Crippen LogP contribution in [-0.2, 0) is 16.1 Å². The third-order valence-corrected chi connectivity index (χ3v) is 2.62. The Labute approximate surface area is 103 Å². The van der Waals surface area contributed by atoms with Gasteiger partial charge >= 0.3 is 11.7 Å². The molecule has 1 rings (SSSR count). The number of aliphatic carboxylic acids is 1. The molecule has 1 amide bonds. The molecule has 0 aliphatic carbocycles. The third-order valence-electron chi connectivity index (χ3n) is 2.62. The number of carbonyl (C=O) groups is 2. The van der Waals surface area contributed by atoms with Crippen molar-refractivity contribution in [3.05, 3.63) is 28.9 Å². The molecule has 1 heterocycles. The summed E-state index contributed by atoms with van der Waals surface area (Å²) in [6, 6.07) is 1.03. The normalized spacial score (nSPS) is 13.7. The lowest BCUT2D eigenvalue weighted by atomic mass is 10.0. The highest BCUT2D eigenvalue weighted by molar-refractivity contribution is 5.77. The molecule has 0 saturated heterocycles. The van der Waals surface area contributed by atoms with Crippen LogP contribution in [0, 0.1) is 5.92 Å². The smallest absolute Gasteiger partial charge is 0.347 e. The highest BCUT2D eigenvalue weighted by Gasteiger charge is 2.20. The molecule has 0 aliphatic heterocycles. The molecule has 1 aromatic heterocycles. The first-order chi connectivity index (χ1) is 8.41. The van der Waals surface area contributed by atoms with Crippen molar-refractivity contribution in [3.63, 3.8) is 0 Å². The summed E-state index contributed by atoms with van der Waals surface area (Å²) in [7, 11) is 0. The number of carboxylic acid groups (broad SMARTS) is 1. The molecule has 2 N–H and O–H groups in total. The van der Waals surface area contributed by atoms with Crippen LogP contribution >= 0.6 is 0 Å². The first kappa shape index (κ1) is 13.9. The minimum Gasteiger partial charge on any atom is -0.481 e. The maximum Gasteiger partial charge on any atom is 0.347 e. The molecule has 18 heavy (non-hydrogen) atoms. The van der Waals surface area contributed by atoms with Gasteiger partial charge < -0.3 is 10.4 Å². The maximum absolute atomic E-state index is 11.6. The molecule has 2 atom stereocenters. The van der Waals surface area contributed by atoms with Crippen molar-refractivity contribution < 1.29 is 14.7 Å². The average Bonchev–Trinajstić information content (AvgIpc) is 2.30. The Morgan fingerprint density at radius 1 is 1.50 bits per heavy atom. The van der Waals surface area contributed by atoms with E-state index in [0.29, 0.717) is 0 Å². The minimum absolute atomic E-state index is 0.177. The van der Waals surface area contributed by atoms with Crippen LogP contribution in [0.15, 0.2) is 23.3 Å². The number of hydrogen-bond acceptors (Lipinski definition) is 4. The second kappa shape index (κ2) is 5.95. The van der Waals surface area contributed by atoms with E-state index < -0.39 is 29.5 Å². The van der Waals surface area contributed by atoms with E-state index in [1.54, 1.807) is 6.92 Å². The highest BCUT2D eigenvalue weighted by atomic mass is 16.4. The molecule has 0 radical (unpaired) electrons. The van der Waals surface area contributed by atoms with Gasteiger partial charge in [0.05, 0.1) is 5.92 Å². The van der Waals surface area contributed by atoms with Crippen LogP contribution in [0.1, 0.15) is 13.8 Å². The van der Waals surface area contributed by atoms with Crippen molar-refractivity contribution in [1.82, 2.24) is 14.9 Å². The highest BCUT2D eigenvalue weighted by Crippen LogP contribution is 2.02. The van der Waals surface area contributed by atoms with E-state index >= 15 is 0 Å². The molecule has 98 valence electrons. The van der Waals surface area contributed by atoms with Gasteiger partial charge in [0.1, 0.15) is 6.54 Å². The lowest BCUT2D eigenvalue weighted by molar-refractivity contribution is -0.142. The van der Waals surface area contributed by atoms with Crippen LogP contribution in [0.5, 0.6) is 0 Å². The van der Waals surface area contributed by atoms with E-state index in [1.807, 2.05) is 0 Å². The van der Waals surface area contributed by atoms with Crippen LogP contribution in [0.4, 0.5) is 0 Å². The van der Waals surface area contributed by atoms with E-state index in [-0.39, 0.29) is 6.54 Å². The van der Waals surface area contributed by atoms with Gasteiger partial charge in [-0.3, -0.25) is 14.2 Å². The summed E-state index contributed by atoms with van der Waals surface area (Å²) in [5.74, 6) is -2.10. The Kier molecular flexibility index (Phi) is 4.59. The Morgan fingerprint density at radius 3 is 2.72 bits per heavy atom. The number of nitrogens with zero attached hydrogens (tertiary/aromatic N) is 2. The van der Waals surface area contributed by atoms with Crippen molar-refractivity contribution in [2.75, 3.05) is 0 Å². The lowest BCUT2D eigenvalue weighted by Crippen LogP contribution is -2.42. The second-order valence-electron chi connectivity index (χ2n) is 4.01. The number of carbonyl (C=O) groups excluding carboxylic acids is 1. The van der Waals surface area contributed by atoms with E-state index in [2.05, 4.69) is 10.3 Å². The zero-order valence-corrected chi connectivity index (χ0v) is 10.2. The summed E-state index contributed by atoms with van der Waals surface area (Å²) in [4.78, 5) is 37.1. The summed E-state index contributed by atoms with van der Waals surface area (Å²) in [6.07, 6.45) is 2.78. The number of nitrogens with one attached hydrogen (secondary N) is 1. The molecule has 0 aromatic carbocycles. The number of amides is 1. The van der Waals surface area contributed by atoms with Crippen molar-refractivity contribution in [1.29, 1.82) is 0 Å². The van der Waals surface area contributed by atoms with Crippen molar-refractivity contribution >= 4 is 11.9 Å². The maximum atomic E-state index is 11.6. The fraction of sp³-hybridized carbons (Fsp3) is 0.455. The summed E-state index contributed by atoms with van der Waals surface area (Å²) >= 11 is 0. The Balaban J connectivity index is 2.60. The summed E-state index contributed by atoms with van der Waals surface area (Å²) in [5.41, 5.74) is -0.522. The van der Waals surface area contributed by atoms with Gasteiger partial charge in [-0.2, -0.15) is 0 Å². The zero-order valence-electron chi connectivity index (χ0n) is 10.2. The molecule has 0 spiro atoms. The molecule has 0 aliphatic rings. The van der Waals surface area contributed by atoms with Crippen LogP contribution < -0.4 is 11.0 Å². The van der Waals surface area contributed by atoms with Gasteiger partial charge in [0.2, 0.25) is 5.91 Å². The van der Waals surface area contributed by atoms with E-state index in [9.17, 15) is 14.4 Å². The second-order valence-corrected chi connectivity index (χ2v) is 4.01. The van der Waals surface area contributed by atoms with Gasteiger partial charge in [0.25, 0.3) is 0 Å². The zero-order chi connectivity index (χ0) is 13.7. The predicted molar refractivity (Wildman–Crippen MR) is 62.9 cm³/mol. The van der Waals surface area contributed by atoms with Gasteiger partial charge in [-0.05, 0) is 19.9 Å². The first-order valence-corrected chi connectivity index (χ1v) is 5.45. The van der Waals surface area contributed by atoms with Crippen molar-refractivity contribution in [2.24, 2.45) is 5.92 Å². The molecule has 7 nitrogen and oxygen atoms in total. The molecular formula is C11H15N3O4. The predicted octanol–water partition coefficient (Wildman–Crippen LogP) is -0.531. The number of carboxylic acids is 1. The van der Waals surface area contributed by atoms with E-state index in [1.165, 1.54) is 25.4 Å². The Hall–Kier alpha value is -2.18. The summed E-state index contributed by atoms with van der Waals surface area (Å²) in [5, 5.41) is 11.3. The standard InChI is InChI=1S/C11H15N3O4/c1-7(10(16)17)8(2)13-9(15)6-14-5-3-4-12-11(14)18/h3-5,7-8H,6H2,1-2H3,(H,13,15)(H,16,17). The monoisotopic (exact) mass is 253 g/mol. The average molecular weight is 253 g/mol. The molecule has 0 bridgehead atoms. The fourth-order valence-corrected chi connectivity index (χ4v) is 1.30. The Bertz CT molecular complexity index is 497. The van der Waals surface area contributed by atoms with Gasteiger partial charge in [0.15, 0.2) is 0 Å². The van der Waals surface area contributed by atoms with Crippen molar-refractivity contribution in [3.8, 4) is 0 Å². The molecule has 7 heteroatoms. The van der Waals surface area contributed by atoms with E-state index in [0.717, 1.165) is 4.57 Å². The summed E-state index contributed by atoms with van der Waals surface area (Å²) in [6.45, 7) is 2.93. The molecule has 0 fully saturated rings. The summed E-state index contributed by atoms with van der Waals surface area (Å²) < 4.78 is 1.15. The van der Waals surface area contributed by atoms with Gasteiger partial charge in [0, 0.05) is 18.4 Å². The largest absolute Gasteiger partial charge is 0.481 e. The van der Waals surface area contributed by atoms with Crippen molar-refractivity contribution in [2.45, 2.75) is 26.4 Å². The van der Waals surface area contributed by atoms with Crippen LogP contribution in [0.3, 0.4) is 0 Å². The molecule has 1 aromatic rings. The SMILES string of the molecule is CC(NC(=O)Cn1cccnc1=O)C(C)C(=O)O. The number of rotatable bonds is 5. The quantitative estimate of drug-likeness (QED) is 0.734. The van der Waals surface area contributed by atoms with E-state index in [4.69, 9.17) is 5.11 Å². The number of aromatic nitrogens is 2. The van der Waals surface area contributed by atoms with Gasteiger partial charge in [-0.25, -0.2) is 9.78 Å². The lowest BCUT2D eigenvalue weighted by Gasteiger charge is -2.17. The minimum atomic E-state index is -0.985. The first-order valence-electron chi connectivity index (χ1n) is 5.45. The van der Waals surface area contributed by atoms with Gasteiger partial charge in [-0.15, -0.1) is 0 Å². The van der Waals surface area contributed by atoms with Crippen LogP contribution in [0.2, 0.25) is 0 Å². The topological polar surface area (TPSA) is 101 Å². The Morgan fingerprint density at radius 2 is 2.17 bits per heavy atom. The van der Waals surface area contributed by atoms with Gasteiger partial charge in [-0.1, -0.05) is 0 Å². The molecule has 2 unspecified atom stereocenters. The third kappa shape index (κ3) is 3.69. The molecule has 0 saturated carbocycles.